The van der Waals surface area contributed by atoms with E-state index in [0.29, 0.717) is 6.61 Å². The van der Waals surface area contributed by atoms with E-state index in [-0.39, 0.29) is 18.1 Å². The van der Waals surface area contributed by atoms with Crippen LogP contribution in [0.3, 0.4) is 0 Å². The van der Waals surface area contributed by atoms with Crippen LogP contribution < -0.4 is 0 Å². The van der Waals surface area contributed by atoms with Crippen LogP contribution in [0.15, 0.2) is 0 Å². The maximum Gasteiger partial charge on any atom is 0.0698 e. The van der Waals surface area contributed by atoms with Crippen molar-refractivity contribution < 1.29 is 14.6 Å². The zero-order valence-corrected chi connectivity index (χ0v) is 6.58. The topological polar surface area (TPSA) is 38.7 Å². The summed E-state index contributed by atoms with van der Waals surface area (Å²) in [6.07, 6.45) is 2.15. The molecule has 3 nitrogen and oxygen atoms in total. The second kappa shape index (κ2) is 2.73. The van der Waals surface area contributed by atoms with Crippen LogP contribution in [0.4, 0.5) is 0 Å². The number of hydrogen-bond donors (Lipinski definition) is 1. The van der Waals surface area contributed by atoms with Crippen molar-refractivity contribution in [3.63, 3.8) is 0 Å². The average Bonchev–Trinajstić information content (AvgIpc) is 2.48. The maximum atomic E-state index is 9.19. The fraction of sp³-hybridized carbons (Fsp3) is 1.00. The van der Waals surface area contributed by atoms with E-state index in [2.05, 4.69) is 0 Å². The Bertz CT molecular complexity index is 148. The molecular formula is C8H14O3. The Morgan fingerprint density at radius 1 is 1.45 bits per heavy atom. The van der Waals surface area contributed by atoms with Crippen molar-refractivity contribution in [3.8, 4) is 0 Å². The molecule has 2 atom stereocenters. The molecular weight excluding hydrogens is 144 g/mol. The molecule has 0 aromatic heterocycles. The standard InChI is InChI=1S/C8H14O3/c9-5-8-2-4-11-7(8)1-3-10-6-8/h7,9H,1-6H2/t7-,8+/m1/s1. The third kappa shape index (κ3) is 1.08. The summed E-state index contributed by atoms with van der Waals surface area (Å²) in [5.74, 6) is 0. The van der Waals surface area contributed by atoms with Crippen LogP contribution in [0.25, 0.3) is 0 Å². The summed E-state index contributed by atoms with van der Waals surface area (Å²) in [6, 6.07) is 0. The lowest BCUT2D eigenvalue weighted by Gasteiger charge is -2.35. The van der Waals surface area contributed by atoms with Gasteiger partial charge in [-0.25, -0.2) is 0 Å². The molecule has 11 heavy (non-hydrogen) atoms. The Morgan fingerprint density at radius 3 is 3.09 bits per heavy atom. The number of fused-ring (bicyclic) bond motifs is 1. The van der Waals surface area contributed by atoms with Gasteiger partial charge in [0.25, 0.3) is 0 Å². The first-order valence-corrected chi connectivity index (χ1v) is 4.18. The van der Waals surface area contributed by atoms with Gasteiger partial charge in [-0.3, -0.25) is 0 Å². The van der Waals surface area contributed by atoms with E-state index in [0.717, 1.165) is 26.1 Å². The molecule has 0 radical (unpaired) electrons. The maximum absolute atomic E-state index is 9.19. The first-order chi connectivity index (χ1) is 5.37. The Kier molecular flexibility index (Phi) is 1.87. The van der Waals surface area contributed by atoms with Crippen molar-refractivity contribution >= 4 is 0 Å². The van der Waals surface area contributed by atoms with Crippen molar-refractivity contribution in [2.24, 2.45) is 5.41 Å². The predicted octanol–water partition coefficient (Wildman–Crippen LogP) is 0.174. The van der Waals surface area contributed by atoms with Gasteiger partial charge in [-0.2, -0.15) is 0 Å². The smallest absolute Gasteiger partial charge is 0.0698 e. The Morgan fingerprint density at radius 2 is 2.36 bits per heavy atom. The second-order valence-electron chi connectivity index (χ2n) is 3.47. The molecule has 0 amide bonds. The zero-order valence-electron chi connectivity index (χ0n) is 6.58. The minimum absolute atomic E-state index is 0.0573. The molecule has 0 aromatic rings. The summed E-state index contributed by atoms with van der Waals surface area (Å²) in [5.41, 5.74) is -0.0573. The van der Waals surface area contributed by atoms with Crippen molar-refractivity contribution in [1.29, 1.82) is 0 Å². The van der Waals surface area contributed by atoms with Crippen molar-refractivity contribution in [2.45, 2.75) is 18.9 Å². The molecule has 0 saturated carbocycles. The molecule has 2 fully saturated rings. The molecule has 0 aromatic carbocycles. The first-order valence-electron chi connectivity index (χ1n) is 4.18. The fourth-order valence-electron chi connectivity index (χ4n) is 1.99. The predicted molar refractivity (Wildman–Crippen MR) is 39.3 cm³/mol. The van der Waals surface area contributed by atoms with Crippen molar-refractivity contribution in [2.75, 3.05) is 26.4 Å². The molecule has 0 spiro atoms. The molecule has 1 N–H and O–H groups in total. The monoisotopic (exact) mass is 158 g/mol. The lowest BCUT2D eigenvalue weighted by atomic mass is 9.80. The van der Waals surface area contributed by atoms with Gasteiger partial charge in [-0.05, 0) is 12.8 Å². The first kappa shape index (κ1) is 7.53. The Hall–Kier alpha value is -0.120. The normalized spacial score (nSPS) is 43.9. The Balaban J connectivity index is 2.12. The SMILES string of the molecule is OC[C@]12CCO[C@@H]1CCOC2. The highest BCUT2D eigenvalue weighted by Crippen LogP contribution is 2.39. The van der Waals surface area contributed by atoms with E-state index >= 15 is 0 Å². The van der Waals surface area contributed by atoms with Crippen LogP contribution >= 0.6 is 0 Å². The van der Waals surface area contributed by atoms with Gasteiger partial charge in [0.2, 0.25) is 0 Å². The quantitative estimate of drug-likeness (QED) is 0.591. The number of rotatable bonds is 1. The van der Waals surface area contributed by atoms with Gasteiger partial charge in [0.05, 0.1) is 19.3 Å². The molecule has 2 heterocycles. The van der Waals surface area contributed by atoms with Crippen molar-refractivity contribution in [1.82, 2.24) is 0 Å². The summed E-state index contributed by atoms with van der Waals surface area (Å²) >= 11 is 0. The van der Waals surface area contributed by atoms with E-state index in [9.17, 15) is 5.11 Å². The van der Waals surface area contributed by atoms with Crippen LogP contribution in [0.2, 0.25) is 0 Å². The molecule has 2 rings (SSSR count). The van der Waals surface area contributed by atoms with E-state index in [1.807, 2.05) is 0 Å². The third-order valence-electron chi connectivity index (χ3n) is 2.83. The minimum Gasteiger partial charge on any atom is -0.396 e. The molecule has 0 aliphatic carbocycles. The van der Waals surface area contributed by atoms with Gasteiger partial charge in [0.15, 0.2) is 0 Å². The van der Waals surface area contributed by atoms with E-state index < -0.39 is 0 Å². The van der Waals surface area contributed by atoms with Crippen LogP contribution in [0, 0.1) is 5.41 Å². The molecule has 2 saturated heterocycles. The lowest BCUT2D eigenvalue weighted by Crippen LogP contribution is -2.43. The lowest BCUT2D eigenvalue weighted by molar-refractivity contribution is -0.0929. The molecule has 2 aliphatic rings. The van der Waals surface area contributed by atoms with Crippen LogP contribution in [-0.2, 0) is 9.47 Å². The van der Waals surface area contributed by atoms with Crippen molar-refractivity contribution in [3.05, 3.63) is 0 Å². The average molecular weight is 158 g/mol. The second-order valence-corrected chi connectivity index (χ2v) is 3.47. The zero-order chi connectivity index (χ0) is 7.73. The van der Waals surface area contributed by atoms with Gasteiger partial charge in [0, 0.05) is 18.6 Å². The highest BCUT2D eigenvalue weighted by molar-refractivity contribution is 4.93. The fourth-order valence-corrected chi connectivity index (χ4v) is 1.99. The van der Waals surface area contributed by atoms with Gasteiger partial charge >= 0.3 is 0 Å². The van der Waals surface area contributed by atoms with Gasteiger partial charge < -0.3 is 14.6 Å². The van der Waals surface area contributed by atoms with E-state index in [1.54, 1.807) is 0 Å². The number of ether oxygens (including phenoxy) is 2. The van der Waals surface area contributed by atoms with Gasteiger partial charge in [-0.1, -0.05) is 0 Å². The molecule has 2 aliphatic heterocycles. The minimum atomic E-state index is -0.0573. The molecule has 3 heteroatoms. The van der Waals surface area contributed by atoms with Gasteiger partial charge in [0.1, 0.15) is 0 Å². The summed E-state index contributed by atoms with van der Waals surface area (Å²) in [7, 11) is 0. The van der Waals surface area contributed by atoms with E-state index in [4.69, 9.17) is 9.47 Å². The summed E-state index contributed by atoms with van der Waals surface area (Å²) in [4.78, 5) is 0. The summed E-state index contributed by atoms with van der Waals surface area (Å²) in [6.45, 7) is 2.45. The molecule has 64 valence electrons. The summed E-state index contributed by atoms with van der Waals surface area (Å²) in [5, 5.41) is 9.19. The van der Waals surface area contributed by atoms with Crippen LogP contribution in [0.1, 0.15) is 12.8 Å². The third-order valence-corrected chi connectivity index (χ3v) is 2.83. The largest absolute Gasteiger partial charge is 0.396 e. The highest BCUT2D eigenvalue weighted by Gasteiger charge is 2.45. The molecule has 0 unspecified atom stereocenters. The summed E-state index contributed by atoms with van der Waals surface area (Å²) < 4.78 is 10.8. The highest BCUT2D eigenvalue weighted by atomic mass is 16.5. The number of aliphatic hydroxyl groups is 1. The number of hydrogen-bond acceptors (Lipinski definition) is 3. The van der Waals surface area contributed by atoms with Crippen LogP contribution in [-0.4, -0.2) is 37.6 Å². The Labute approximate surface area is 66.3 Å². The van der Waals surface area contributed by atoms with Gasteiger partial charge in [-0.15, -0.1) is 0 Å². The van der Waals surface area contributed by atoms with E-state index in [1.165, 1.54) is 0 Å². The molecule has 0 bridgehead atoms. The number of aliphatic hydroxyl groups excluding tert-OH is 1. The van der Waals surface area contributed by atoms with Crippen LogP contribution in [0.5, 0.6) is 0 Å².